The first-order valence-electron chi connectivity index (χ1n) is 7.56. The summed E-state index contributed by atoms with van der Waals surface area (Å²) < 4.78 is 5.70. The molecule has 0 saturated carbocycles. The predicted molar refractivity (Wildman–Crippen MR) is 83.2 cm³/mol. The number of hydrogen-bond donors (Lipinski definition) is 1. The third-order valence-electron chi connectivity index (χ3n) is 4.76. The van der Waals surface area contributed by atoms with E-state index in [9.17, 15) is 5.11 Å². The first-order valence-corrected chi connectivity index (χ1v) is 7.56. The highest BCUT2D eigenvalue weighted by Crippen LogP contribution is 2.41. The molecule has 1 N–H and O–H groups in total. The van der Waals surface area contributed by atoms with Crippen LogP contribution in [0.3, 0.4) is 0 Å². The molecule has 0 bridgehead atoms. The molecule has 0 spiro atoms. The second-order valence-electron chi connectivity index (χ2n) is 7.95. The van der Waals surface area contributed by atoms with Crippen LogP contribution in [0.5, 0.6) is 5.75 Å². The molecule has 112 valence electrons. The number of benzene rings is 1. The van der Waals surface area contributed by atoms with E-state index >= 15 is 0 Å². The molecule has 0 amide bonds. The van der Waals surface area contributed by atoms with Gasteiger partial charge in [-0.05, 0) is 35.4 Å². The van der Waals surface area contributed by atoms with Crippen LogP contribution in [0.2, 0.25) is 0 Å². The molecule has 1 heterocycles. The average Bonchev–Trinajstić information content (AvgIpc) is 2.64. The highest BCUT2D eigenvalue weighted by Gasteiger charge is 2.32. The second kappa shape index (κ2) is 5.07. The molecule has 1 aliphatic heterocycles. The zero-order valence-corrected chi connectivity index (χ0v) is 13.7. The highest BCUT2D eigenvalue weighted by atomic mass is 16.5. The monoisotopic (exact) mass is 276 g/mol. The lowest BCUT2D eigenvalue weighted by Gasteiger charge is -2.29. The van der Waals surface area contributed by atoms with Gasteiger partial charge in [-0.25, -0.2) is 0 Å². The fourth-order valence-corrected chi connectivity index (χ4v) is 2.57. The van der Waals surface area contributed by atoms with Crippen LogP contribution in [0.25, 0.3) is 0 Å². The van der Waals surface area contributed by atoms with Gasteiger partial charge in [0, 0.05) is 11.0 Å². The molecule has 2 atom stereocenters. The molecule has 0 aliphatic carbocycles. The van der Waals surface area contributed by atoms with Crippen LogP contribution < -0.4 is 4.74 Å². The summed E-state index contributed by atoms with van der Waals surface area (Å²) in [6.45, 7) is 14.0. The standard InChI is InChI=1S/C18H28O2/c1-12(17(2,3)4)9-15(19)13-7-8-16-14(10-13)18(5,6)11-20-16/h7-8,10,12,15,19H,9,11H2,1-6H3. The highest BCUT2D eigenvalue weighted by molar-refractivity contribution is 5.45. The Labute approximate surface area is 123 Å². The van der Waals surface area contributed by atoms with E-state index in [2.05, 4.69) is 47.6 Å². The molecule has 0 saturated heterocycles. The minimum atomic E-state index is -0.397. The van der Waals surface area contributed by atoms with Crippen molar-refractivity contribution in [3.05, 3.63) is 29.3 Å². The van der Waals surface area contributed by atoms with Gasteiger partial charge in [0.05, 0.1) is 12.7 Å². The van der Waals surface area contributed by atoms with E-state index in [1.165, 1.54) is 5.56 Å². The Morgan fingerprint density at radius 3 is 2.55 bits per heavy atom. The maximum absolute atomic E-state index is 10.5. The van der Waals surface area contributed by atoms with Gasteiger partial charge in [-0.3, -0.25) is 0 Å². The molecule has 1 aromatic carbocycles. The van der Waals surface area contributed by atoms with Gasteiger partial charge in [0.15, 0.2) is 0 Å². The molecule has 1 aromatic rings. The Morgan fingerprint density at radius 2 is 1.95 bits per heavy atom. The van der Waals surface area contributed by atoms with E-state index in [1.807, 2.05) is 12.1 Å². The number of hydrogen-bond acceptors (Lipinski definition) is 2. The molecular formula is C18H28O2. The minimum Gasteiger partial charge on any atom is -0.492 e. The molecule has 2 nitrogen and oxygen atoms in total. The summed E-state index contributed by atoms with van der Waals surface area (Å²) in [4.78, 5) is 0. The zero-order chi connectivity index (χ0) is 15.1. The van der Waals surface area contributed by atoms with Crippen LogP contribution in [0.4, 0.5) is 0 Å². The van der Waals surface area contributed by atoms with Crippen molar-refractivity contribution in [2.24, 2.45) is 11.3 Å². The van der Waals surface area contributed by atoms with Gasteiger partial charge >= 0.3 is 0 Å². The van der Waals surface area contributed by atoms with Crippen molar-refractivity contribution in [1.82, 2.24) is 0 Å². The summed E-state index contributed by atoms with van der Waals surface area (Å²) in [5, 5.41) is 10.5. The maximum atomic E-state index is 10.5. The topological polar surface area (TPSA) is 29.5 Å². The smallest absolute Gasteiger partial charge is 0.123 e. The molecule has 20 heavy (non-hydrogen) atoms. The average molecular weight is 276 g/mol. The molecule has 1 aliphatic rings. The molecule has 2 rings (SSSR count). The Balaban J connectivity index is 2.18. The van der Waals surface area contributed by atoms with Gasteiger partial charge in [0.25, 0.3) is 0 Å². The van der Waals surface area contributed by atoms with Crippen molar-refractivity contribution in [3.63, 3.8) is 0 Å². The van der Waals surface area contributed by atoms with Crippen LogP contribution in [0.15, 0.2) is 18.2 Å². The molecule has 0 fully saturated rings. The van der Waals surface area contributed by atoms with Crippen LogP contribution in [-0.2, 0) is 5.41 Å². The lowest BCUT2D eigenvalue weighted by molar-refractivity contribution is 0.110. The van der Waals surface area contributed by atoms with E-state index in [-0.39, 0.29) is 10.8 Å². The van der Waals surface area contributed by atoms with E-state index in [1.54, 1.807) is 0 Å². The predicted octanol–water partition coefficient (Wildman–Crippen LogP) is 4.46. The molecule has 2 unspecified atom stereocenters. The van der Waals surface area contributed by atoms with Gasteiger partial charge in [-0.15, -0.1) is 0 Å². The first kappa shape index (κ1) is 15.4. The molecule has 0 aromatic heterocycles. The number of aliphatic hydroxyl groups is 1. The third kappa shape index (κ3) is 3.01. The van der Waals surface area contributed by atoms with Crippen molar-refractivity contribution in [3.8, 4) is 5.75 Å². The van der Waals surface area contributed by atoms with E-state index in [4.69, 9.17) is 4.74 Å². The van der Waals surface area contributed by atoms with Gasteiger partial charge in [0.1, 0.15) is 5.75 Å². The number of aliphatic hydroxyl groups excluding tert-OH is 1. The Kier molecular flexibility index (Phi) is 3.90. The van der Waals surface area contributed by atoms with Crippen molar-refractivity contribution in [2.75, 3.05) is 6.61 Å². The molecule has 2 heteroatoms. The lowest BCUT2D eigenvalue weighted by Crippen LogP contribution is -2.20. The van der Waals surface area contributed by atoms with E-state index in [0.29, 0.717) is 5.92 Å². The van der Waals surface area contributed by atoms with Crippen molar-refractivity contribution < 1.29 is 9.84 Å². The lowest BCUT2D eigenvalue weighted by atomic mass is 9.77. The zero-order valence-electron chi connectivity index (χ0n) is 13.7. The van der Waals surface area contributed by atoms with Crippen molar-refractivity contribution in [2.45, 2.75) is 59.5 Å². The Hall–Kier alpha value is -1.02. The van der Waals surface area contributed by atoms with Crippen LogP contribution in [0, 0.1) is 11.3 Å². The Bertz CT molecular complexity index is 483. The number of fused-ring (bicyclic) bond motifs is 1. The summed E-state index contributed by atoms with van der Waals surface area (Å²) in [5.41, 5.74) is 2.50. The van der Waals surface area contributed by atoms with Crippen molar-refractivity contribution in [1.29, 1.82) is 0 Å². The largest absolute Gasteiger partial charge is 0.492 e. The fraction of sp³-hybridized carbons (Fsp3) is 0.667. The van der Waals surface area contributed by atoms with Crippen LogP contribution >= 0.6 is 0 Å². The summed E-state index contributed by atoms with van der Waals surface area (Å²) in [7, 11) is 0. The van der Waals surface area contributed by atoms with Crippen molar-refractivity contribution >= 4 is 0 Å². The second-order valence-corrected chi connectivity index (χ2v) is 7.95. The first-order chi connectivity index (χ1) is 9.11. The van der Waals surface area contributed by atoms with Crippen LogP contribution in [-0.4, -0.2) is 11.7 Å². The SMILES string of the molecule is CC(CC(O)c1ccc2c(c1)C(C)(C)CO2)C(C)(C)C. The molecular weight excluding hydrogens is 248 g/mol. The van der Waals surface area contributed by atoms with E-state index in [0.717, 1.165) is 24.3 Å². The molecule has 0 radical (unpaired) electrons. The summed E-state index contributed by atoms with van der Waals surface area (Å²) in [6, 6.07) is 6.13. The van der Waals surface area contributed by atoms with Gasteiger partial charge in [0.2, 0.25) is 0 Å². The summed E-state index contributed by atoms with van der Waals surface area (Å²) in [5.74, 6) is 1.44. The normalized spacial score (nSPS) is 20.1. The maximum Gasteiger partial charge on any atom is 0.123 e. The summed E-state index contributed by atoms with van der Waals surface area (Å²) >= 11 is 0. The van der Waals surface area contributed by atoms with Gasteiger partial charge < -0.3 is 9.84 Å². The van der Waals surface area contributed by atoms with Gasteiger partial charge in [-0.2, -0.15) is 0 Å². The Morgan fingerprint density at radius 1 is 1.30 bits per heavy atom. The third-order valence-corrected chi connectivity index (χ3v) is 4.76. The minimum absolute atomic E-state index is 0.0424. The van der Waals surface area contributed by atoms with E-state index < -0.39 is 6.10 Å². The van der Waals surface area contributed by atoms with Crippen LogP contribution in [0.1, 0.15) is 65.2 Å². The van der Waals surface area contributed by atoms with Gasteiger partial charge in [-0.1, -0.05) is 47.6 Å². The summed E-state index contributed by atoms with van der Waals surface area (Å²) in [6.07, 6.45) is 0.398. The fourth-order valence-electron chi connectivity index (χ4n) is 2.57. The number of rotatable bonds is 3. The quantitative estimate of drug-likeness (QED) is 0.883. The number of ether oxygens (including phenoxy) is 1.